The van der Waals surface area contributed by atoms with E-state index in [0.717, 1.165) is 29.8 Å². The lowest BCUT2D eigenvalue weighted by molar-refractivity contribution is -0.903. The van der Waals surface area contributed by atoms with Gasteiger partial charge in [0.25, 0.3) is 11.8 Å². The molecule has 3 N–H and O–H groups in total. The number of piperidine rings is 1. The third-order valence-electron chi connectivity index (χ3n) is 6.30. The Balaban J connectivity index is 1.36. The van der Waals surface area contributed by atoms with Crippen LogP contribution in [0.5, 0.6) is 0 Å². The van der Waals surface area contributed by atoms with Crippen LogP contribution < -0.4 is 15.5 Å². The molecule has 1 atom stereocenters. The van der Waals surface area contributed by atoms with Crippen molar-refractivity contribution in [2.45, 2.75) is 38.8 Å². The quantitative estimate of drug-likeness (QED) is 0.614. The van der Waals surface area contributed by atoms with Gasteiger partial charge in [-0.25, -0.2) is 0 Å². The molecule has 0 spiro atoms. The van der Waals surface area contributed by atoms with Crippen molar-refractivity contribution in [3.63, 3.8) is 0 Å². The highest BCUT2D eigenvalue weighted by molar-refractivity contribution is 5.99. The number of likely N-dealkylation sites (tertiary alicyclic amines) is 1. The van der Waals surface area contributed by atoms with Crippen LogP contribution in [-0.4, -0.2) is 49.4 Å². The van der Waals surface area contributed by atoms with E-state index in [1.165, 1.54) is 32.4 Å². The van der Waals surface area contributed by atoms with Crippen LogP contribution in [0.1, 0.15) is 65.1 Å². The van der Waals surface area contributed by atoms with E-state index in [9.17, 15) is 9.59 Å². The number of amides is 2. The SMILES string of the molecule is CCCN1C(=O)c2ccccc2[C@@H]1Nc1ccc(C(=O)NCC[NH+]2CCCCC2)cc1. The predicted octanol–water partition coefficient (Wildman–Crippen LogP) is 2.46. The van der Waals surface area contributed by atoms with Gasteiger partial charge in [-0.2, -0.15) is 0 Å². The zero-order chi connectivity index (χ0) is 21.6. The van der Waals surface area contributed by atoms with Crippen molar-refractivity contribution in [3.05, 3.63) is 65.2 Å². The minimum Gasteiger partial charge on any atom is -0.361 e. The molecule has 0 aromatic heterocycles. The maximum Gasteiger partial charge on any atom is 0.256 e. The molecule has 0 bridgehead atoms. The van der Waals surface area contributed by atoms with Gasteiger partial charge in [0, 0.05) is 28.9 Å². The largest absolute Gasteiger partial charge is 0.361 e. The van der Waals surface area contributed by atoms with Crippen LogP contribution >= 0.6 is 0 Å². The third kappa shape index (κ3) is 4.90. The fourth-order valence-electron chi connectivity index (χ4n) is 4.63. The lowest BCUT2D eigenvalue weighted by Gasteiger charge is -2.26. The van der Waals surface area contributed by atoms with Gasteiger partial charge in [-0.05, 0) is 56.0 Å². The molecule has 6 nitrogen and oxygen atoms in total. The van der Waals surface area contributed by atoms with E-state index in [1.807, 2.05) is 53.4 Å². The molecule has 164 valence electrons. The van der Waals surface area contributed by atoms with Gasteiger partial charge in [-0.15, -0.1) is 0 Å². The van der Waals surface area contributed by atoms with E-state index in [1.54, 1.807) is 4.90 Å². The summed E-state index contributed by atoms with van der Waals surface area (Å²) < 4.78 is 0. The number of rotatable bonds is 8. The lowest BCUT2D eigenvalue weighted by Crippen LogP contribution is -3.13. The Morgan fingerprint density at radius 3 is 2.55 bits per heavy atom. The normalized spacial score (nSPS) is 18.7. The first-order chi connectivity index (χ1) is 15.2. The summed E-state index contributed by atoms with van der Waals surface area (Å²) in [6, 6.07) is 15.3. The molecular weight excluding hydrogens is 388 g/mol. The molecule has 0 saturated carbocycles. The van der Waals surface area contributed by atoms with Gasteiger partial charge in [0.05, 0.1) is 26.2 Å². The summed E-state index contributed by atoms with van der Waals surface area (Å²) in [4.78, 5) is 28.7. The number of hydrogen-bond donors (Lipinski definition) is 3. The maximum atomic E-state index is 12.8. The van der Waals surface area contributed by atoms with E-state index in [-0.39, 0.29) is 18.0 Å². The fourth-order valence-corrected chi connectivity index (χ4v) is 4.63. The van der Waals surface area contributed by atoms with Gasteiger partial charge in [-0.3, -0.25) is 9.59 Å². The molecule has 2 aliphatic rings. The van der Waals surface area contributed by atoms with E-state index in [0.29, 0.717) is 18.7 Å². The molecule has 2 aromatic carbocycles. The number of carbonyl (C=O) groups excluding carboxylic acids is 2. The molecule has 0 unspecified atom stereocenters. The Hall–Kier alpha value is -2.86. The molecule has 6 heteroatoms. The summed E-state index contributed by atoms with van der Waals surface area (Å²) in [6.45, 7) is 6.92. The Bertz CT molecular complexity index is 906. The second kappa shape index (κ2) is 9.96. The molecule has 1 fully saturated rings. The first-order valence-electron chi connectivity index (χ1n) is 11.6. The Labute approximate surface area is 184 Å². The summed E-state index contributed by atoms with van der Waals surface area (Å²) in [5.74, 6) is 0.0405. The number of fused-ring (bicyclic) bond motifs is 1. The number of anilines is 1. The summed E-state index contributed by atoms with van der Waals surface area (Å²) in [7, 11) is 0. The van der Waals surface area contributed by atoms with Gasteiger partial charge in [-0.1, -0.05) is 25.1 Å². The summed E-state index contributed by atoms with van der Waals surface area (Å²) in [6.07, 6.45) is 4.65. The second-order valence-corrected chi connectivity index (χ2v) is 8.53. The summed E-state index contributed by atoms with van der Waals surface area (Å²) in [5, 5.41) is 6.53. The number of nitrogens with zero attached hydrogens (tertiary/aromatic N) is 1. The number of quaternary nitrogens is 1. The topological polar surface area (TPSA) is 65.9 Å². The van der Waals surface area contributed by atoms with Crippen molar-refractivity contribution in [2.24, 2.45) is 0 Å². The fraction of sp³-hybridized carbons (Fsp3) is 0.440. The third-order valence-corrected chi connectivity index (χ3v) is 6.30. The molecule has 2 heterocycles. The zero-order valence-corrected chi connectivity index (χ0v) is 18.3. The number of nitrogens with one attached hydrogen (secondary N) is 3. The minimum absolute atomic E-state index is 0.0306. The number of hydrogen-bond acceptors (Lipinski definition) is 3. The van der Waals surface area contributed by atoms with E-state index < -0.39 is 0 Å². The van der Waals surface area contributed by atoms with Crippen molar-refractivity contribution in [2.75, 3.05) is 38.0 Å². The van der Waals surface area contributed by atoms with E-state index in [2.05, 4.69) is 17.6 Å². The predicted molar refractivity (Wildman–Crippen MR) is 122 cm³/mol. The second-order valence-electron chi connectivity index (χ2n) is 8.53. The molecule has 31 heavy (non-hydrogen) atoms. The van der Waals surface area contributed by atoms with Crippen LogP contribution in [-0.2, 0) is 0 Å². The monoisotopic (exact) mass is 421 g/mol. The highest BCUT2D eigenvalue weighted by Crippen LogP contribution is 2.34. The molecule has 2 amide bonds. The van der Waals surface area contributed by atoms with Crippen LogP contribution in [0.4, 0.5) is 5.69 Å². The first kappa shape index (κ1) is 21.4. The van der Waals surface area contributed by atoms with Crippen molar-refractivity contribution in [1.82, 2.24) is 10.2 Å². The maximum absolute atomic E-state index is 12.8. The molecule has 0 radical (unpaired) electrons. The van der Waals surface area contributed by atoms with Crippen LogP contribution in [0.2, 0.25) is 0 Å². The molecule has 1 saturated heterocycles. The van der Waals surface area contributed by atoms with Crippen LogP contribution in [0.25, 0.3) is 0 Å². The van der Waals surface area contributed by atoms with Gasteiger partial charge >= 0.3 is 0 Å². The Morgan fingerprint density at radius 2 is 1.81 bits per heavy atom. The molecule has 2 aromatic rings. The van der Waals surface area contributed by atoms with Crippen molar-refractivity contribution in [3.8, 4) is 0 Å². The standard InChI is InChI=1S/C25H32N4O2/c1-2-15-29-23(21-8-4-5-9-22(21)25(29)31)27-20-12-10-19(11-13-20)24(30)26-14-18-28-16-6-3-7-17-28/h4-5,8-13,23,27H,2-3,6-7,14-18H2,1H3,(H,26,30)/p+1/t23-/m1/s1. The summed E-state index contributed by atoms with van der Waals surface area (Å²) >= 11 is 0. The molecule has 4 rings (SSSR count). The van der Waals surface area contributed by atoms with Crippen LogP contribution in [0.15, 0.2) is 48.5 Å². The van der Waals surface area contributed by atoms with Gasteiger partial charge in [0.1, 0.15) is 6.17 Å². The highest BCUT2D eigenvalue weighted by Gasteiger charge is 2.35. The zero-order valence-electron chi connectivity index (χ0n) is 18.3. The average Bonchev–Trinajstić information content (AvgIpc) is 3.07. The van der Waals surface area contributed by atoms with Crippen molar-refractivity contribution in [1.29, 1.82) is 0 Å². The molecule has 2 aliphatic heterocycles. The van der Waals surface area contributed by atoms with Crippen LogP contribution in [0.3, 0.4) is 0 Å². The van der Waals surface area contributed by atoms with E-state index in [4.69, 9.17) is 0 Å². The lowest BCUT2D eigenvalue weighted by atomic mass is 10.1. The number of carbonyl (C=O) groups is 2. The Morgan fingerprint density at radius 1 is 1.06 bits per heavy atom. The molecule has 0 aliphatic carbocycles. The van der Waals surface area contributed by atoms with Gasteiger partial charge in [0.15, 0.2) is 0 Å². The Kier molecular flexibility index (Phi) is 6.87. The smallest absolute Gasteiger partial charge is 0.256 e. The van der Waals surface area contributed by atoms with Crippen molar-refractivity contribution >= 4 is 17.5 Å². The van der Waals surface area contributed by atoms with Gasteiger partial charge in [0.2, 0.25) is 0 Å². The van der Waals surface area contributed by atoms with E-state index >= 15 is 0 Å². The van der Waals surface area contributed by atoms with Crippen molar-refractivity contribution < 1.29 is 14.5 Å². The van der Waals surface area contributed by atoms with Gasteiger partial charge < -0.3 is 20.4 Å². The highest BCUT2D eigenvalue weighted by atomic mass is 16.2. The average molecular weight is 422 g/mol. The van der Waals surface area contributed by atoms with Crippen LogP contribution in [0, 0.1) is 0 Å². The first-order valence-corrected chi connectivity index (χ1v) is 11.6. The number of benzene rings is 2. The minimum atomic E-state index is -0.184. The summed E-state index contributed by atoms with van der Waals surface area (Å²) in [5.41, 5.74) is 3.32. The molecular formula is C25H33N4O2+.